The van der Waals surface area contributed by atoms with E-state index in [0.717, 1.165) is 5.56 Å². The Balaban J connectivity index is 2.06. The summed E-state index contributed by atoms with van der Waals surface area (Å²) in [5.74, 6) is 0.370. The molecule has 0 atom stereocenters. The first kappa shape index (κ1) is 12.4. The van der Waals surface area contributed by atoms with Gasteiger partial charge in [0.25, 0.3) is 5.91 Å². The van der Waals surface area contributed by atoms with Crippen LogP contribution in [0, 0.1) is 0 Å². The SMILES string of the molecule is CCC1(O)CN(C(=O)c2cccc(CCl)c2)C1. The number of benzene rings is 1. The van der Waals surface area contributed by atoms with Crippen molar-refractivity contribution in [1.82, 2.24) is 4.90 Å². The van der Waals surface area contributed by atoms with Gasteiger partial charge in [-0.2, -0.15) is 0 Å². The number of carbonyl (C=O) groups is 1. The molecule has 1 aliphatic heterocycles. The Morgan fingerprint density at radius 2 is 2.24 bits per heavy atom. The minimum absolute atomic E-state index is 0.0323. The highest BCUT2D eigenvalue weighted by molar-refractivity contribution is 6.17. The third kappa shape index (κ3) is 2.45. The number of rotatable bonds is 3. The fourth-order valence-corrected chi connectivity index (χ4v) is 2.17. The van der Waals surface area contributed by atoms with E-state index in [4.69, 9.17) is 11.6 Å². The van der Waals surface area contributed by atoms with Crippen LogP contribution < -0.4 is 0 Å². The molecule has 1 heterocycles. The number of hydrogen-bond donors (Lipinski definition) is 1. The third-order valence-corrected chi connectivity index (χ3v) is 3.55. The van der Waals surface area contributed by atoms with E-state index >= 15 is 0 Å². The van der Waals surface area contributed by atoms with Gasteiger partial charge in [0, 0.05) is 11.4 Å². The maximum absolute atomic E-state index is 12.1. The number of amides is 1. The zero-order valence-corrected chi connectivity index (χ0v) is 10.6. The molecule has 1 saturated heterocycles. The van der Waals surface area contributed by atoms with E-state index in [1.54, 1.807) is 17.0 Å². The molecule has 17 heavy (non-hydrogen) atoms. The van der Waals surface area contributed by atoms with E-state index in [1.807, 2.05) is 19.1 Å². The van der Waals surface area contributed by atoms with E-state index < -0.39 is 5.60 Å². The molecule has 2 rings (SSSR count). The maximum Gasteiger partial charge on any atom is 0.254 e. The van der Waals surface area contributed by atoms with Crippen LogP contribution in [0.15, 0.2) is 24.3 Å². The highest BCUT2D eigenvalue weighted by atomic mass is 35.5. The number of hydrogen-bond acceptors (Lipinski definition) is 2. The van der Waals surface area contributed by atoms with Crippen molar-refractivity contribution in [3.05, 3.63) is 35.4 Å². The Labute approximate surface area is 106 Å². The molecular weight excluding hydrogens is 238 g/mol. The first-order valence-electron chi connectivity index (χ1n) is 5.74. The average molecular weight is 254 g/mol. The van der Waals surface area contributed by atoms with Crippen molar-refractivity contribution in [3.63, 3.8) is 0 Å². The molecule has 0 bridgehead atoms. The van der Waals surface area contributed by atoms with Crippen LogP contribution in [0.25, 0.3) is 0 Å². The van der Waals surface area contributed by atoms with Crippen LogP contribution in [0.4, 0.5) is 0 Å². The molecule has 1 N–H and O–H groups in total. The van der Waals surface area contributed by atoms with Gasteiger partial charge in [-0.1, -0.05) is 19.1 Å². The summed E-state index contributed by atoms with van der Waals surface area (Å²) in [6.45, 7) is 2.77. The Bertz CT molecular complexity index is 427. The summed E-state index contributed by atoms with van der Waals surface area (Å²) in [4.78, 5) is 13.7. The number of β-amino-alcohol motifs (C(OH)–C–C–N with tert-alkyl or cyclic N) is 1. The van der Waals surface area contributed by atoms with Gasteiger partial charge in [-0.3, -0.25) is 4.79 Å². The quantitative estimate of drug-likeness (QED) is 0.838. The normalized spacial score (nSPS) is 17.7. The summed E-state index contributed by atoms with van der Waals surface area (Å²) in [5, 5.41) is 9.87. The average Bonchev–Trinajstić information content (AvgIpc) is 2.34. The summed E-state index contributed by atoms with van der Waals surface area (Å²) in [5.41, 5.74) is 0.893. The molecule has 0 aliphatic carbocycles. The molecule has 0 radical (unpaired) electrons. The minimum atomic E-state index is -0.681. The fraction of sp³-hybridized carbons (Fsp3) is 0.462. The Kier molecular flexibility index (Phi) is 3.40. The molecular formula is C13H16ClNO2. The zero-order valence-electron chi connectivity index (χ0n) is 9.82. The fourth-order valence-electron chi connectivity index (χ4n) is 2.00. The molecule has 0 saturated carbocycles. The Hall–Kier alpha value is -1.06. The van der Waals surface area contributed by atoms with Crippen molar-refractivity contribution in [3.8, 4) is 0 Å². The van der Waals surface area contributed by atoms with Crippen LogP contribution in [0.3, 0.4) is 0 Å². The van der Waals surface area contributed by atoms with Gasteiger partial charge in [0.05, 0.1) is 18.7 Å². The largest absolute Gasteiger partial charge is 0.386 e. The van der Waals surface area contributed by atoms with Gasteiger partial charge in [0.1, 0.15) is 0 Å². The topological polar surface area (TPSA) is 40.5 Å². The summed E-state index contributed by atoms with van der Waals surface area (Å²) in [6, 6.07) is 7.30. The van der Waals surface area contributed by atoms with E-state index in [-0.39, 0.29) is 5.91 Å². The van der Waals surface area contributed by atoms with Crippen molar-refractivity contribution < 1.29 is 9.90 Å². The lowest BCUT2D eigenvalue weighted by molar-refractivity contribution is -0.0826. The smallest absolute Gasteiger partial charge is 0.254 e. The maximum atomic E-state index is 12.1. The number of nitrogens with zero attached hydrogens (tertiary/aromatic N) is 1. The van der Waals surface area contributed by atoms with Crippen molar-refractivity contribution >= 4 is 17.5 Å². The standard InChI is InChI=1S/C13H16ClNO2/c1-2-13(17)8-15(9-13)12(16)11-5-3-4-10(6-11)7-14/h3-6,17H,2,7-9H2,1H3. The Morgan fingerprint density at radius 3 is 2.82 bits per heavy atom. The second kappa shape index (κ2) is 4.67. The monoisotopic (exact) mass is 253 g/mol. The molecule has 0 unspecified atom stereocenters. The van der Waals surface area contributed by atoms with Crippen LogP contribution in [0.1, 0.15) is 29.3 Å². The molecule has 4 heteroatoms. The number of halogens is 1. The molecule has 92 valence electrons. The van der Waals surface area contributed by atoms with Gasteiger partial charge in [-0.05, 0) is 24.1 Å². The number of carbonyl (C=O) groups excluding carboxylic acids is 1. The van der Waals surface area contributed by atoms with E-state index in [0.29, 0.717) is 31.0 Å². The summed E-state index contributed by atoms with van der Waals surface area (Å²) < 4.78 is 0. The predicted octanol–water partition coefficient (Wildman–Crippen LogP) is 2.02. The molecule has 1 aromatic rings. The van der Waals surface area contributed by atoms with Crippen LogP contribution >= 0.6 is 11.6 Å². The van der Waals surface area contributed by atoms with Gasteiger partial charge in [0.2, 0.25) is 0 Å². The van der Waals surface area contributed by atoms with Gasteiger partial charge in [-0.25, -0.2) is 0 Å². The number of aliphatic hydroxyl groups is 1. The summed E-state index contributed by atoms with van der Waals surface area (Å²) in [7, 11) is 0. The molecule has 1 amide bonds. The Morgan fingerprint density at radius 1 is 1.53 bits per heavy atom. The van der Waals surface area contributed by atoms with Crippen LogP contribution in [-0.2, 0) is 5.88 Å². The van der Waals surface area contributed by atoms with E-state index in [9.17, 15) is 9.90 Å². The van der Waals surface area contributed by atoms with Crippen molar-refractivity contribution in [1.29, 1.82) is 0 Å². The first-order valence-corrected chi connectivity index (χ1v) is 6.28. The van der Waals surface area contributed by atoms with E-state index in [2.05, 4.69) is 0 Å². The summed E-state index contributed by atoms with van der Waals surface area (Å²) in [6.07, 6.45) is 0.679. The zero-order chi connectivity index (χ0) is 12.5. The van der Waals surface area contributed by atoms with Gasteiger partial charge in [0.15, 0.2) is 0 Å². The van der Waals surface area contributed by atoms with Crippen LogP contribution in [-0.4, -0.2) is 34.6 Å². The van der Waals surface area contributed by atoms with Crippen LogP contribution in [0.2, 0.25) is 0 Å². The lowest BCUT2D eigenvalue weighted by atomic mass is 9.90. The van der Waals surface area contributed by atoms with Crippen LogP contribution in [0.5, 0.6) is 0 Å². The van der Waals surface area contributed by atoms with Gasteiger partial charge >= 0.3 is 0 Å². The second-order valence-corrected chi connectivity index (χ2v) is 4.84. The number of alkyl halides is 1. The van der Waals surface area contributed by atoms with E-state index in [1.165, 1.54) is 0 Å². The number of likely N-dealkylation sites (tertiary alicyclic amines) is 1. The molecule has 0 spiro atoms. The molecule has 1 fully saturated rings. The van der Waals surface area contributed by atoms with Gasteiger partial charge in [-0.15, -0.1) is 11.6 Å². The second-order valence-electron chi connectivity index (χ2n) is 4.57. The lowest BCUT2D eigenvalue weighted by Crippen LogP contribution is -2.63. The predicted molar refractivity (Wildman–Crippen MR) is 67.1 cm³/mol. The van der Waals surface area contributed by atoms with Gasteiger partial charge < -0.3 is 10.0 Å². The first-order chi connectivity index (χ1) is 8.08. The molecule has 0 aromatic heterocycles. The van der Waals surface area contributed by atoms with Crippen molar-refractivity contribution in [2.75, 3.05) is 13.1 Å². The minimum Gasteiger partial charge on any atom is -0.386 e. The van der Waals surface area contributed by atoms with Crippen molar-refractivity contribution in [2.45, 2.75) is 24.8 Å². The molecule has 3 nitrogen and oxygen atoms in total. The highest BCUT2D eigenvalue weighted by Crippen LogP contribution is 2.25. The molecule has 1 aliphatic rings. The summed E-state index contributed by atoms with van der Waals surface area (Å²) >= 11 is 5.73. The van der Waals surface area contributed by atoms with Crippen molar-refractivity contribution in [2.24, 2.45) is 0 Å². The third-order valence-electron chi connectivity index (χ3n) is 3.24. The lowest BCUT2D eigenvalue weighted by Gasteiger charge is -2.46. The molecule has 1 aromatic carbocycles. The highest BCUT2D eigenvalue weighted by Gasteiger charge is 2.42.